The molecule has 0 radical (unpaired) electrons. The molecule has 1 atom stereocenters. The summed E-state index contributed by atoms with van der Waals surface area (Å²) in [5.74, 6) is 0.681. The molecule has 0 fully saturated rings. The number of aldehydes is 1. The molecule has 80 valence electrons. The van der Waals surface area contributed by atoms with Crippen LogP contribution < -0.4 is 4.74 Å². The lowest BCUT2D eigenvalue weighted by atomic mass is 9.85. The summed E-state index contributed by atoms with van der Waals surface area (Å²) in [6.07, 6.45) is 1.56. The Morgan fingerprint density at radius 1 is 1.53 bits per heavy atom. The van der Waals surface area contributed by atoms with Crippen molar-refractivity contribution in [1.82, 2.24) is 0 Å². The minimum atomic E-state index is -0.324. The molecule has 1 heterocycles. The summed E-state index contributed by atoms with van der Waals surface area (Å²) >= 11 is 0. The minimum Gasteiger partial charge on any atom is -0.508 e. The lowest BCUT2D eigenvalue weighted by Gasteiger charge is -2.35. The van der Waals surface area contributed by atoms with Gasteiger partial charge in [0, 0.05) is 17.9 Å². The maximum atomic E-state index is 11.0. The summed E-state index contributed by atoms with van der Waals surface area (Å²) in [4.78, 5) is 11.0. The number of fused-ring (bicyclic) bond motifs is 1. The van der Waals surface area contributed by atoms with Gasteiger partial charge in [0.25, 0.3) is 0 Å². The van der Waals surface area contributed by atoms with E-state index in [-0.39, 0.29) is 17.3 Å². The van der Waals surface area contributed by atoms with Crippen LogP contribution in [0, 0.1) is 0 Å². The molecule has 1 aliphatic rings. The third-order valence-electron chi connectivity index (χ3n) is 2.65. The van der Waals surface area contributed by atoms with Crippen molar-refractivity contribution >= 4 is 6.29 Å². The number of benzene rings is 1. The number of rotatable bonds is 1. The molecule has 3 heteroatoms. The predicted molar refractivity (Wildman–Crippen MR) is 56.2 cm³/mol. The highest BCUT2D eigenvalue weighted by molar-refractivity contribution is 5.66. The lowest BCUT2D eigenvalue weighted by Crippen LogP contribution is -2.35. The fraction of sp³-hybridized carbons (Fsp3) is 0.417. The topological polar surface area (TPSA) is 46.5 Å². The number of aromatic hydroxyl groups is 1. The third kappa shape index (κ3) is 1.82. The van der Waals surface area contributed by atoms with Crippen molar-refractivity contribution in [1.29, 1.82) is 0 Å². The largest absolute Gasteiger partial charge is 0.508 e. The van der Waals surface area contributed by atoms with Crippen LogP contribution in [0.2, 0.25) is 0 Å². The van der Waals surface area contributed by atoms with Crippen molar-refractivity contribution in [2.75, 3.05) is 0 Å². The number of phenols is 1. The zero-order valence-corrected chi connectivity index (χ0v) is 8.86. The van der Waals surface area contributed by atoms with Crippen LogP contribution in [-0.4, -0.2) is 17.0 Å². The van der Waals surface area contributed by atoms with Gasteiger partial charge in [-0.15, -0.1) is 0 Å². The van der Waals surface area contributed by atoms with Gasteiger partial charge < -0.3 is 14.6 Å². The molecule has 2 rings (SSSR count). The van der Waals surface area contributed by atoms with E-state index in [9.17, 15) is 9.90 Å². The van der Waals surface area contributed by atoms with E-state index in [1.807, 2.05) is 13.8 Å². The molecule has 0 saturated heterocycles. The molecule has 15 heavy (non-hydrogen) atoms. The van der Waals surface area contributed by atoms with Gasteiger partial charge in [-0.25, -0.2) is 0 Å². The fourth-order valence-electron chi connectivity index (χ4n) is 2.02. The minimum absolute atomic E-state index is 0.170. The highest BCUT2D eigenvalue weighted by Crippen LogP contribution is 2.41. The molecule has 0 aromatic heterocycles. The van der Waals surface area contributed by atoms with E-state index >= 15 is 0 Å². The average molecular weight is 206 g/mol. The van der Waals surface area contributed by atoms with Crippen LogP contribution in [0.3, 0.4) is 0 Å². The quantitative estimate of drug-likeness (QED) is 0.717. The maximum absolute atomic E-state index is 11.0. The highest BCUT2D eigenvalue weighted by atomic mass is 16.5. The number of phenolic OH excluding ortho intramolecular Hbond substituents is 1. The Bertz CT molecular complexity index is 396. The van der Waals surface area contributed by atoms with E-state index in [0.717, 1.165) is 11.8 Å². The van der Waals surface area contributed by atoms with Crippen LogP contribution >= 0.6 is 0 Å². The van der Waals surface area contributed by atoms with E-state index < -0.39 is 0 Å². The second-order valence-electron chi connectivity index (χ2n) is 4.53. The molecule has 1 N–H and O–H groups in total. The molecule has 0 aliphatic carbocycles. The van der Waals surface area contributed by atoms with Crippen LogP contribution in [0.5, 0.6) is 11.5 Å². The summed E-state index contributed by atoms with van der Waals surface area (Å²) in [5.41, 5.74) is 0.458. The smallest absolute Gasteiger partial charge is 0.127 e. The Labute approximate surface area is 88.7 Å². The highest BCUT2D eigenvalue weighted by Gasteiger charge is 2.33. The van der Waals surface area contributed by atoms with Gasteiger partial charge >= 0.3 is 0 Å². The van der Waals surface area contributed by atoms with E-state index in [0.29, 0.717) is 12.2 Å². The third-order valence-corrected chi connectivity index (χ3v) is 2.65. The van der Waals surface area contributed by atoms with Crippen molar-refractivity contribution in [2.24, 2.45) is 0 Å². The van der Waals surface area contributed by atoms with Gasteiger partial charge in [-0.1, -0.05) is 0 Å². The molecule has 0 saturated carbocycles. The first kappa shape index (κ1) is 10.0. The Morgan fingerprint density at radius 3 is 2.93 bits per heavy atom. The Hall–Kier alpha value is -1.51. The molecule has 1 aliphatic heterocycles. The van der Waals surface area contributed by atoms with Gasteiger partial charge in [0.1, 0.15) is 23.4 Å². The van der Waals surface area contributed by atoms with Gasteiger partial charge in [0.15, 0.2) is 0 Å². The Morgan fingerprint density at radius 2 is 2.27 bits per heavy atom. The Balaban J connectivity index is 2.49. The normalized spacial score (nSPS) is 22.7. The van der Waals surface area contributed by atoms with E-state index in [1.165, 1.54) is 0 Å². The van der Waals surface area contributed by atoms with Crippen LogP contribution in [0.25, 0.3) is 0 Å². The standard InChI is InChI=1S/C12H14O3/c1-12(2)6-8(7-13)10-5-9(14)3-4-11(10)15-12/h3-5,7-8,14H,6H2,1-2H3. The summed E-state index contributed by atoms with van der Waals surface area (Å²) in [6.45, 7) is 3.92. The molecule has 1 aromatic carbocycles. The first-order valence-electron chi connectivity index (χ1n) is 4.99. The maximum Gasteiger partial charge on any atom is 0.127 e. The summed E-state index contributed by atoms with van der Waals surface area (Å²) < 4.78 is 5.74. The van der Waals surface area contributed by atoms with Crippen LogP contribution in [-0.2, 0) is 4.79 Å². The molecule has 3 nitrogen and oxygen atoms in total. The number of carbonyl (C=O) groups excluding carboxylic acids is 1. The van der Waals surface area contributed by atoms with Gasteiger partial charge in [0.05, 0.1) is 0 Å². The van der Waals surface area contributed by atoms with Crippen LogP contribution in [0.4, 0.5) is 0 Å². The zero-order valence-electron chi connectivity index (χ0n) is 8.86. The molecule has 1 unspecified atom stereocenters. The van der Waals surface area contributed by atoms with Gasteiger partial charge in [-0.05, 0) is 32.0 Å². The lowest BCUT2D eigenvalue weighted by molar-refractivity contribution is -0.110. The number of carbonyl (C=O) groups is 1. The summed E-state index contributed by atoms with van der Waals surface area (Å²) in [7, 11) is 0. The molecule has 0 spiro atoms. The molecular formula is C12H14O3. The van der Waals surface area contributed by atoms with Gasteiger partial charge in [-0.3, -0.25) is 0 Å². The summed E-state index contributed by atoms with van der Waals surface area (Å²) in [6, 6.07) is 4.88. The van der Waals surface area contributed by atoms with E-state index in [4.69, 9.17) is 4.74 Å². The number of ether oxygens (including phenoxy) is 1. The van der Waals surface area contributed by atoms with Crippen LogP contribution in [0.15, 0.2) is 18.2 Å². The van der Waals surface area contributed by atoms with Gasteiger partial charge in [0.2, 0.25) is 0 Å². The van der Waals surface area contributed by atoms with Crippen molar-refractivity contribution < 1.29 is 14.6 Å². The van der Waals surface area contributed by atoms with E-state index in [1.54, 1.807) is 18.2 Å². The number of hydrogen-bond acceptors (Lipinski definition) is 3. The fourth-order valence-corrected chi connectivity index (χ4v) is 2.02. The van der Waals surface area contributed by atoms with Crippen molar-refractivity contribution in [3.05, 3.63) is 23.8 Å². The second-order valence-corrected chi connectivity index (χ2v) is 4.53. The predicted octanol–water partition coefficient (Wildman–Crippen LogP) is 2.24. The Kier molecular flexibility index (Phi) is 2.18. The summed E-state index contributed by atoms with van der Waals surface area (Å²) in [5, 5.41) is 9.36. The SMILES string of the molecule is CC1(C)CC(C=O)c2cc(O)ccc2O1. The van der Waals surface area contributed by atoms with Crippen molar-refractivity contribution in [3.8, 4) is 11.5 Å². The van der Waals surface area contributed by atoms with Crippen molar-refractivity contribution in [2.45, 2.75) is 31.8 Å². The molecule has 0 bridgehead atoms. The average Bonchev–Trinajstić information content (AvgIpc) is 2.16. The monoisotopic (exact) mass is 206 g/mol. The molecular weight excluding hydrogens is 192 g/mol. The number of hydrogen-bond donors (Lipinski definition) is 1. The van der Waals surface area contributed by atoms with E-state index in [2.05, 4.69) is 0 Å². The zero-order chi connectivity index (χ0) is 11.1. The van der Waals surface area contributed by atoms with Crippen molar-refractivity contribution in [3.63, 3.8) is 0 Å². The molecule has 0 amide bonds. The first-order chi connectivity index (χ1) is 7.02. The molecule has 1 aromatic rings. The second kappa shape index (κ2) is 3.26. The van der Waals surface area contributed by atoms with Crippen LogP contribution in [0.1, 0.15) is 31.7 Å². The first-order valence-corrected chi connectivity index (χ1v) is 4.99. The van der Waals surface area contributed by atoms with Gasteiger partial charge in [-0.2, -0.15) is 0 Å².